The van der Waals surface area contributed by atoms with Gasteiger partial charge in [-0.25, -0.2) is 0 Å². The molecule has 0 bridgehead atoms. The quantitative estimate of drug-likeness (QED) is 0.819. The summed E-state index contributed by atoms with van der Waals surface area (Å²) >= 11 is 7.54. The van der Waals surface area contributed by atoms with Crippen LogP contribution in [0, 0.1) is 0 Å². The van der Waals surface area contributed by atoms with Crippen molar-refractivity contribution in [2.75, 3.05) is 18.2 Å². The highest BCUT2D eigenvalue weighted by Gasteiger charge is 2.06. The van der Waals surface area contributed by atoms with Crippen LogP contribution in [-0.4, -0.2) is 27.8 Å². The van der Waals surface area contributed by atoms with Gasteiger partial charge in [0.15, 0.2) is 0 Å². The van der Waals surface area contributed by atoms with Gasteiger partial charge in [0.25, 0.3) is 0 Å². The lowest BCUT2D eigenvalue weighted by Crippen LogP contribution is -2.04. The van der Waals surface area contributed by atoms with E-state index in [0.29, 0.717) is 12.6 Å². The highest BCUT2D eigenvalue weighted by Crippen LogP contribution is 2.20. The van der Waals surface area contributed by atoms with Crippen LogP contribution in [0.25, 0.3) is 0 Å². The van der Waals surface area contributed by atoms with Crippen molar-refractivity contribution in [1.82, 2.24) is 15.0 Å². The van der Waals surface area contributed by atoms with Crippen LogP contribution >= 0.6 is 23.4 Å². The third-order valence-electron chi connectivity index (χ3n) is 2.37. The van der Waals surface area contributed by atoms with E-state index in [-0.39, 0.29) is 11.3 Å². The Labute approximate surface area is 127 Å². The first kappa shape index (κ1) is 14.9. The molecule has 106 valence electrons. The minimum atomic E-state index is 0.106. The van der Waals surface area contributed by atoms with Crippen LogP contribution in [0.2, 0.25) is 5.28 Å². The van der Waals surface area contributed by atoms with Crippen molar-refractivity contribution in [1.29, 1.82) is 0 Å². The van der Waals surface area contributed by atoms with Gasteiger partial charge in [-0.1, -0.05) is 6.92 Å². The molecule has 2 aromatic rings. The van der Waals surface area contributed by atoms with Crippen LogP contribution in [-0.2, 0) is 0 Å². The van der Waals surface area contributed by atoms with Crippen LogP contribution in [0.4, 0.5) is 11.6 Å². The number of halogens is 1. The van der Waals surface area contributed by atoms with Gasteiger partial charge < -0.3 is 10.1 Å². The summed E-state index contributed by atoms with van der Waals surface area (Å²) in [6.07, 6.45) is 2.91. The van der Waals surface area contributed by atoms with Crippen molar-refractivity contribution in [2.45, 2.75) is 18.2 Å². The first-order valence-corrected chi connectivity index (χ1v) is 7.77. The molecule has 1 aromatic heterocycles. The molecule has 1 N–H and O–H groups in total. The predicted molar refractivity (Wildman–Crippen MR) is 82.1 cm³/mol. The summed E-state index contributed by atoms with van der Waals surface area (Å²) in [6.45, 7) is 2.55. The molecule has 0 radical (unpaired) electrons. The molecule has 0 saturated heterocycles. The molecule has 0 saturated carbocycles. The third kappa shape index (κ3) is 4.25. The highest BCUT2D eigenvalue weighted by molar-refractivity contribution is 7.98. The molecule has 5 nitrogen and oxygen atoms in total. The zero-order valence-electron chi connectivity index (χ0n) is 11.3. The van der Waals surface area contributed by atoms with Gasteiger partial charge in [0.2, 0.25) is 11.2 Å². The fourth-order valence-corrected chi connectivity index (χ4v) is 2.01. The Balaban J connectivity index is 2.12. The lowest BCUT2D eigenvalue weighted by atomic mass is 10.3. The van der Waals surface area contributed by atoms with Gasteiger partial charge in [-0.3, -0.25) is 0 Å². The summed E-state index contributed by atoms with van der Waals surface area (Å²) in [7, 11) is 0. The fraction of sp³-hybridized carbons (Fsp3) is 0.308. The van der Waals surface area contributed by atoms with E-state index in [1.54, 1.807) is 11.8 Å². The maximum atomic E-state index is 5.86. The zero-order valence-corrected chi connectivity index (χ0v) is 12.8. The number of ether oxygens (including phenoxy) is 1. The van der Waals surface area contributed by atoms with Crippen molar-refractivity contribution in [3.05, 3.63) is 29.5 Å². The van der Waals surface area contributed by atoms with Gasteiger partial charge in [0.1, 0.15) is 0 Å². The summed E-state index contributed by atoms with van der Waals surface area (Å²) in [5.41, 5.74) is 0.881. The number of hydrogen-bond donors (Lipinski definition) is 1. The molecule has 7 heteroatoms. The molecule has 1 heterocycles. The Morgan fingerprint density at radius 3 is 2.60 bits per heavy atom. The van der Waals surface area contributed by atoms with Crippen LogP contribution in [0.1, 0.15) is 13.3 Å². The van der Waals surface area contributed by atoms with E-state index in [0.717, 1.165) is 12.1 Å². The molecule has 2 rings (SSSR count). The number of benzene rings is 1. The molecular weight excluding hydrogens is 296 g/mol. The fourth-order valence-electron chi connectivity index (χ4n) is 1.45. The van der Waals surface area contributed by atoms with Crippen LogP contribution in [0.15, 0.2) is 29.2 Å². The minimum absolute atomic E-state index is 0.106. The molecule has 0 aliphatic carbocycles. The second kappa shape index (κ2) is 7.31. The number of nitrogens with zero attached hydrogens (tertiary/aromatic N) is 3. The molecule has 0 unspecified atom stereocenters. The lowest BCUT2D eigenvalue weighted by Gasteiger charge is -2.07. The lowest BCUT2D eigenvalue weighted by molar-refractivity contribution is 0.292. The second-order valence-corrected chi connectivity index (χ2v) is 5.13. The minimum Gasteiger partial charge on any atom is -0.463 e. The highest BCUT2D eigenvalue weighted by atomic mass is 35.5. The average Bonchev–Trinajstić information content (AvgIpc) is 2.45. The zero-order chi connectivity index (χ0) is 14.4. The Hall–Kier alpha value is -1.53. The van der Waals surface area contributed by atoms with Gasteiger partial charge >= 0.3 is 6.01 Å². The van der Waals surface area contributed by atoms with E-state index in [4.69, 9.17) is 16.3 Å². The molecule has 0 aliphatic heterocycles. The van der Waals surface area contributed by atoms with E-state index in [9.17, 15) is 0 Å². The Morgan fingerprint density at radius 2 is 1.95 bits per heavy atom. The smallest absolute Gasteiger partial charge is 0.322 e. The topological polar surface area (TPSA) is 59.9 Å². The Morgan fingerprint density at radius 1 is 1.20 bits per heavy atom. The van der Waals surface area contributed by atoms with E-state index in [2.05, 4.69) is 20.3 Å². The number of aromatic nitrogens is 3. The van der Waals surface area contributed by atoms with Crippen molar-refractivity contribution in [3.63, 3.8) is 0 Å². The van der Waals surface area contributed by atoms with E-state index in [1.807, 2.05) is 37.4 Å². The molecule has 0 atom stereocenters. The Kier molecular flexibility index (Phi) is 5.43. The third-order valence-corrected chi connectivity index (χ3v) is 3.28. The van der Waals surface area contributed by atoms with Crippen molar-refractivity contribution in [3.8, 4) is 6.01 Å². The van der Waals surface area contributed by atoms with E-state index < -0.39 is 0 Å². The number of rotatable bonds is 6. The van der Waals surface area contributed by atoms with Crippen molar-refractivity contribution in [2.24, 2.45) is 0 Å². The summed E-state index contributed by atoms with van der Waals surface area (Å²) in [5, 5.41) is 3.18. The average molecular weight is 311 g/mol. The summed E-state index contributed by atoms with van der Waals surface area (Å²) in [4.78, 5) is 13.3. The molecule has 20 heavy (non-hydrogen) atoms. The molecular formula is C13H15ClN4OS. The number of thioether (sulfide) groups is 1. The monoisotopic (exact) mass is 310 g/mol. The van der Waals surface area contributed by atoms with Gasteiger partial charge in [-0.15, -0.1) is 11.8 Å². The number of nitrogens with one attached hydrogen (secondary N) is 1. The predicted octanol–water partition coefficient (Wildman–Crippen LogP) is 3.78. The first-order chi connectivity index (χ1) is 9.71. The standard InChI is InChI=1S/C13H15ClN4OS/c1-3-8-19-13-17-11(14)16-12(18-13)15-9-4-6-10(20-2)7-5-9/h4-7H,3,8H2,1-2H3,(H,15,16,17,18). The van der Waals surface area contributed by atoms with Crippen LogP contribution in [0.5, 0.6) is 6.01 Å². The first-order valence-electron chi connectivity index (χ1n) is 6.16. The molecule has 1 aromatic carbocycles. The van der Waals surface area contributed by atoms with Gasteiger partial charge in [-0.05, 0) is 48.5 Å². The number of anilines is 2. The van der Waals surface area contributed by atoms with E-state index >= 15 is 0 Å². The second-order valence-electron chi connectivity index (χ2n) is 3.91. The SMILES string of the molecule is CCCOc1nc(Cl)nc(Nc2ccc(SC)cc2)n1. The van der Waals surface area contributed by atoms with Crippen LogP contribution in [0.3, 0.4) is 0 Å². The van der Waals surface area contributed by atoms with Crippen molar-refractivity contribution < 1.29 is 4.74 Å². The summed E-state index contributed by atoms with van der Waals surface area (Å²) in [5.74, 6) is 0.369. The van der Waals surface area contributed by atoms with Crippen LogP contribution < -0.4 is 10.1 Å². The molecule has 0 spiro atoms. The largest absolute Gasteiger partial charge is 0.463 e. The van der Waals surface area contributed by atoms with Crippen molar-refractivity contribution >= 4 is 35.0 Å². The normalized spacial score (nSPS) is 10.3. The molecule has 0 fully saturated rings. The Bertz CT molecular complexity index is 565. The number of hydrogen-bond acceptors (Lipinski definition) is 6. The van der Waals surface area contributed by atoms with Gasteiger partial charge in [0, 0.05) is 10.6 Å². The van der Waals surface area contributed by atoms with Gasteiger partial charge in [-0.2, -0.15) is 15.0 Å². The molecule has 0 aliphatic rings. The summed E-state index contributed by atoms with van der Waals surface area (Å²) in [6, 6.07) is 8.18. The maximum Gasteiger partial charge on any atom is 0.322 e. The molecule has 0 amide bonds. The summed E-state index contributed by atoms with van der Waals surface area (Å²) < 4.78 is 5.36. The maximum absolute atomic E-state index is 5.86. The van der Waals surface area contributed by atoms with Gasteiger partial charge in [0.05, 0.1) is 6.61 Å². The van der Waals surface area contributed by atoms with E-state index in [1.165, 1.54) is 4.90 Å².